The average Bonchev–Trinajstić information content (AvgIpc) is 3.40. The Bertz CT molecular complexity index is 1910. The van der Waals surface area contributed by atoms with Gasteiger partial charge in [-0.3, -0.25) is 4.79 Å². The van der Waals surface area contributed by atoms with Gasteiger partial charge in [0.2, 0.25) is 0 Å². The van der Waals surface area contributed by atoms with Gasteiger partial charge in [-0.25, -0.2) is 0 Å². The van der Waals surface area contributed by atoms with Crippen LogP contribution in [0.3, 0.4) is 0 Å². The summed E-state index contributed by atoms with van der Waals surface area (Å²) in [5.41, 5.74) is 6.31. The van der Waals surface area contributed by atoms with E-state index in [1.165, 1.54) is 29.7 Å². The number of aliphatic hydroxyl groups is 1. The number of allylic oxidation sites excluding steroid dienone is 2. The van der Waals surface area contributed by atoms with Crippen LogP contribution in [0.4, 0.5) is 0 Å². The third-order valence-corrected chi connectivity index (χ3v) is 11.1. The molecule has 0 aliphatic carbocycles. The Balaban J connectivity index is 0.000000475. The maximum atomic E-state index is 10.0. The molecule has 0 saturated carbocycles. The Morgan fingerprint density at radius 1 is 0.884 bits per heavy atom. The number of aromatic nitrogens is 2. The van der Waals surface area contributed by atoms with Crippen LogP contribution in [0.15, 0.2) is 113 Å². The molecular weight excluding hydrogens is 773 g/mol. The number of rotatable bonds is 5. The molecule has 219 valence electrons. The van der Waals surface area contributed by atoms with E-state index in [1.807, 2.05) is 54.7 Å². The summed E-state index contributed by atoms with van der Waals surface area (Å²) in [7, 11) is 0. The summed E-state index contributed by atoms with van der Waals surface area (Å²) in [5.74, 6) is 7.80. The first kappa shape index (κ1) is 32.1. The van der Waals surface area contributed by atoms with E-state index in [9.17, 15) is 4.79 Å². The molecule has 5 nitrogen and oxygen atoms in total. The molecule has 0 amide bonds. The normalized spacial score (nSPS) is 11.5. The minimum absolute atomic E-state index is 0. The van der Waals surface area contributed by atoms with Crippen molar-refractivity contribution >= 4 is 45.3 Å². The van der Waals surface area contributed by atoms with E-state index in [0.29, 0.717) is 11.5 Å². The van der Waals surface area contributed by atoms with Gasteiger partial charge in [0.15, 0.2) is 5.78 Å². The van der Waals surface area contributed by atoms with Crippen LogP contribution in [0, 0.1) is 6.07 Å². The van der Waals surface area contributed by atoms with E-state index in [-0.39, 0.29) is 31.6 Å². The Hall–Kier alpha value is -3.84. The molecule has 1 radical (unpaired) electrons. The molecular formula is C36H33GeIrN2O3-. The van der Waals surface area contributed by atoms with Gasteiger partial charge in [0, 0.05) is 26.2 Å². The van der Waals surface area contributed by atoms with Gasteiger partial charge in [0.1, 0.15) is 0 Å². The molecule has 0 unspecified atom stereocenters. The summed E-state index contributed by atoms with van der Waals surface area (Å²) in [4.78, 5) is 19.7. The average molecular weight is 806 g/mol. The SMILES string of the molecule is CC(=O)/C=C(/C)O.[CH3][Ge]([CH3])([CH3])[c]1ccc2c(-c3[c-]c4oc(-c5ccccc5)nc4c(-c4ccccc4)c3)nccc2c1.[Ir]. The summed E-state index contributed by atoms with van der Waals surface area (Å²) < 4.78 is 7.76. The van der Waals surface area contributed by atoms with Crippen LogP contribution < -0.4 is 4.40 Å². The molecule has 0 atom stereocenters. The molecule has 0 saturated heterocycles. The number of nitrogens with zero attached hydrogens (tertiary/aromatic N) is 2. The number of hydrogen-bond donors (Lipinski definition) is 1. The smallest absolute Gasteiger partial charge is 0 e. The number of carbonyl (C=O) groups excluding carboxylic acids is 1. The van der Waals surface area contributed by atoms with Gasteiger partial charge in [-0.05, 0) is 13.8 Å². The maximum absolute atomic E-state index is 10.0. The van der Waals surface area contributed by atoms with Crippen molar-refractivity contribution in [2.45, 2.75) is 31.1 Å². The number of pyridine rings is 1. The Morgan fingerprint density at radius 2 is 1.53 bits per heavy atom. The number of hydrogen-bond acceptors (Lipinski definition) is 5. The van der Waals surface area contributed by atoms with Crippen LogP contribution in [0.2, 0.25) is 17.3 Å². The first-order chi connectivity index (χ1) is 20.1. The summed E-state index contributed by atoms with van der Waals surface area (Å²) in [6.45, 7) is 2.85. The molecule has 0 fully saturated rings. The number of fused-ring (bicyclic) bond motifs is 2. The van der Waals surface area contributed by atoms with Crippen LogP contribution in [-0.4, -0.2) is 34.1 Å². The molecule has 4 aromatic carbocycles. The van der Waals surface area contributed by atoms with Crippen molar-refractivity contribution < 1.29 is 34.4 Å². The van der Waals surface area contributed by atoms with E-state index in [1.54, 1.807) is 0 Å². The second kappa shape index (κ2) is 13.6. The van der Waals surface area contributed by atoms with Crippen LogP contribution in [0.5, 0.6) is 0 Å². The van der Waals surface area contributed by atoms with E-state index in [0.717, 1.165) is 38.9 Å². The van der Waals surface area contributed by atoms with Gasteiger partial charge in [0.05, 0.1) is 5.76 Å². The second-order valence-corrected chi connectivity index (χ2v) is 21.9. The third kappa shape index (κ3) is 7.58. The topological polar surface area (TPSA) is 76.2 Å². The molecule has 0 aliphatic heterocycles. The number of benzene rings is 4. The van der Waals surface area contributed by atoms with Gasteiger partial charge in [-0.2, -0.15) is 0 Å². The summed E-state index contributed by atoms with van der Waals surface area (Å²) in [6.07, 6.45) is 3.06. The summed E-state index contributed by atoms with van der Waals surface area (Å²) >= 11 is -1.94. The number of carbonyl (C=O) groups is 1. The van der Waals surface area contributed by atoms with E-state index < -0.39 is 13.3 Å². The Kier molecular flexibility index (Phi) is 10.2. The predicted molar refractivity (Wildman–Crippen MR) is 175 cm³/mol. The van der Waals surface area contributed by atoms with Crippen molar-refractivity contribution in [1.82, 2.24) is 9.97 Å². The van der Waals surface area contributed by atoms with Gasteiger partial charge >= 0.3 is 190 Å². The molecule has 1 N–H and O–H groups in total. The first-order valence-corrected chi connectivity index (χ1v) is 21.2. The van der Waals surface area contributed by atoms with Crippen molar-refractivity contribution in [1.29, 1.82) is 0 Å². The van der Waals surface area contributed by atoms with Gasteiger partial charge < -0.3 is 5.11 Å². The standard InChI is InChI=1S/C31H25GeN2O.C5H8O2.Ir/c1-32(2,3)25-14-15-26-23(18-25)16-17-33-29(26)24-19-27(21-10-6-4-7-11-21)30-28(20-24)35-31(34-30)22-12-8-5-9-13-22;1-4(6)3-5(2)7;/h4-19H,1-3H3;3,6H,1-2H3;/q-1;;/b;4-3-;. The quantitative estimate of drug-likeness (QED) is 0.0817. The summed E-state index contributed by atoms with van der Waals surface area (Å²) in [5, 5.41) is 10.7. The molecule has 43 heavy (non-hydrogen) atoms. The number of oxazole rings is 1. The number of aliphatic hydroxyl groups excluding tert-OH is 1. The van der Waals surface area contributed by atoms with E-state index in [2.05, 4.69) is 65.8 Å². The van der Waals surface area contributed by atoms with Gasteiger partial charge in [-0.1, -0.05) is 18.2 Å². The molecule has 2 heterocycles. The van der Waals surface area contributed by atoms with Crippen molar-refractivity contribution in [2.24, 2.45) is 0 Å². The molecule has 6 rings (SSSR count). The van der Waals surface area contributed by atoms with Crippen molar-refractivity contribution in [3.63, 3.8) is 0 Å². The minimum Gasteiger partial charge on any atom is 0 e. The summed E-state index contributed by atoms with van der Waals surface area (Å²) in [6, 6.07) is 34.9. The zero-order chi connectivity index (χ0) is 29.9. The Morgan fingerprint density at radius 3 is 2.12 bits per heavy atom. The largest absolute Gasteiger partial charge is 0 e. The zero-order valence-corrected chi connectivity index (χ0v) is 29.3. The van der Waals surface area contributed by atoms with Gasteiger partial charge in [-0.15, -0.1) is 0 Å². The Labute approximate surface area is 268 Å². The third-order valence-electron chi connectivity index (χ3n) is 6.82. The molecule has 0 aliphatic rings. The van der Waals surface area contributed by atoms with Crippen LogP contribution in [-0.2, 0) is 24.9 Å². The van der Waals surface area contributed by atoms with Crippen LogP contribution in [0.25, 0.3) is 55.7 Å². The molecule has 7 heteroatoms. The van der Waals surface area contributed by atoms with Gasteiger partial charge in [0.25, 0.3) is 0 Å². The first-order valence-electron chi connectivity index (χ1n) is 13.9. The second-order valence-electron chi connectivity index (χ2n) is 11.3. The maximum Gasteiger partial charge on any atom is 0 e. The minimum atomic E-state index is -1.94. The molecule has 2 aromatic heterocycles. The predicted octanol–water partition coefficient (Wildman–Crippen LogP) is 8.76. The fraction of sp³-hybridized carbons (Fsp3) is 0.139. The fourth-order valence-corrected chi connectivity index (χ4v) is 7.24. The van der Waals surface area contributed by atoms with Crippen molar-refractivity contribution in [2.75, 3.05) is 0 Å². The van der Waals surface area contributed by atoms with Crippen LogP contribution in [0.1, 0.15) is 13.8 Å². The monoisotopic (exact) mass is 808 g/mol. The van der Waals surface area contributed by atoms with E-state index in [4.69, 9.17) is 19.5 Å². The molecule has 0 bridgehead atoms. The molecule has 6 aromatic rings. The zero-order valence-electron chi connectivity index (χ0n) is 24.8. The van der Waals surface area contributed by atoms with Crippen molar-refractivity contribution in [3.8, 4) is 33.8 Å². The molecule has 0 spiro atoms. The van der Waals surface area contributed by atoms with E-state index >= 15 is 0 Å². The fourth-order valence-electron chi connectivity index (χ4n) is 4.78. The van der Waals surface area contributed by atoms with Crippen LogP contribution >= 0.6 is 0 Å². The number of ketones is 1. The van der Waals surface area contributed by atoms with Crippen molar-refractivity contribution in [3.05, 3.63) is 115 Å².